The van der Waals surface area contributed by atoms with E-state index in [1.165, 1.54) is 30.5 Å². The number of nitriles is 1. The van der Waals surface area contributed by atoms with Crippen LogP contribution in [-0.4, -0.2) is 34.2 Å². The van der Waals surface area contributed by atoms with Gasteiger partial charge in [-0.05, 0) is 29.8 Å². The predicted octanol–water partition coefficient (Wildman–Crippen LogP) is 2.23. The van der Waals surface area contributed by atoms with E-state index in [9.17, 15) is 20.3 Å². The fourth-order valence-electron chi connectivity index (χ4n) is 2.20. The maximum Gasteiger partial charge on any atom is 0.267 e. The molecule has 0 heterocycles. The number of aliphatic hydroxyl groups excluding tert-OH is 1. The number of amides is 1. The van der Waals surface area contributed by atoms with Crippen molar-refractivity contribution in [3.05, 3.63) is 71.9 Å². The average molecular weight is 337 g/mol. The highest BCUT2D eigenvalue weighted by Gasteiger charge is 2.12. The SMILES string of the molecule is N#C/C(=C/N(CCO)Cc1ccccc1)C(=O)Nc1ccc(O)cc1. The monoisotopic (exact) mass is 337 g/mol. The molecule has 6 nitrogen and oxygen atoms in total. The highest BCUT2D eigenvalue weighted by molar-refractivity contribution is 6.06. The van der Waals surface area contributed by atoms with E-state index in [4.69, 9.17) is 0 Å². The van der Waals surface area contributed by atoms with Crippen molar-refractivity contribution >= 4 is 11.6 Å². The van der Waals surface area contributed by atoms with Gasteiger partial charge in [0.1, 0.15) is 17.4 Å². The number of phenols is 1. The Morgan fingerprint density at radius 2 is 1.84 bits per heavy atom. The molecule has 2 rings (SSSR count). The first-order valence-corrected chi connectivity index (χ1v) is 7.73. The van der Waals surface area contributed by atoms with E-state index in [-0.39, 0.29) is 17.9 Å². The number of benzene rings is 2. The highest BCUT2D eigenvalue weighted by atomic mass is 16.3. The van der Waals surface area contributed by atoms with Gasteiger partial charge in [-0.2, -0.15) is 5.26 Å². The molecule has 3 N–H and O–H groups in total. The molecule has 0 unspecified atom stereocenters. The van der Waals surface area contributed by atoms with E-state index in [0.717, 1.165) is 5.56 Å². The van der Waals surface area contributed by atoms with Gasteiger partial charge in [-0.15, -0.1) is 0 Å². The molecule has 0 radical (unpaired) electrons. The summed E-state index contributed by atoms with van der Waals surface area (Å²) < 4.78 is 0. The van der Waals surface area contributed by atoms with Crippen LogP contribution in [0.4, 0.5) is 5.69 Å². The number of nitrogens with one attached hydrogen (secondary N) is 1. The van der Waals surface area contributed by atoms with Gasteiger partial charge in [0.2, 0.25) is 0 Å². The summed E-state index contributed by atoms with van der Waals surface area (Å²) in [5.41, 5.74) is 1.40. The van der Waals surface area contributed by atoms with Crippen LogP contribution in [0.5, 0.6) is 5.75 Å². The average Bonchev–Trinajstić information content (AvgIpc) is 2.62. The number of rotatable bonds is 7. The molecule has 0 spiro atoms. The summed E-state index contributed by atoms with van der Waals surface area (Å²) in [6, 6.07) is 17.4. The lowest BCUT2D eigenvalue weighted by atomic mass is 10.2. The first kappa shape index (κ1) is 18.0. The van der Waals surface area contributed by atoms with E-state index >= 15 is 0 Å². The lowest BCUT2D eigenvalue weighted by Gasteiger charge is -2.20. The molecule has 25 heavy (non-hydrogen) atoms. The number of aliphatic hydroxyl groups is 1. The minimum absolute atomic E-state index is 0.0718. The first-order chi connectivity index (χ1) is 12.1. The van der Waals surface area contributed by atoms with E-state index in [1.807, 2.05) is 36.4 Å². The number of hydrogen-bond acceptors (Lipinski definition) is 5. The number of aromatic hydroxyl groups is 1. The minimum Gasteiger partial charge on any atom is -0.508 e. The smallest absolute Gasteiger partial charge is 0.267 e. The Morgan fingerprint density at radius 1 is 1.16 bits per heavy atom. The van der Waals surface area contributed by atoms with Gasteiger partial charge >= 0.3 is 0 Å². The van der Waals surface area contributed by atoms with E-state index in [2.05, 4.69) is 5.32 Å². The third-order valence-corrected chi connectivity index (χ3v) is 3.42. The summed E-state index contributed by atoms with van der Waals surface area (Å²) in [5.74, 6) is -0.463. The maximum absolute atomic E-state index is 12.3. The zero-order valence-corrected chi connectivity index (χ0v) is 13.6. The summed E-state index contributed by atoms with van der Waals surface area (Å²) in [4.78, 5) is 14.0. The molecule has 2 aromatic carbocycles. The molecule has 0 aliphatic heterocycles. The third kappa shape index (κ3) is 5.68. The van der Waals surface area contributed by atoms with Crippen LogP contribution in [0, 0.1) is 11.3 Å². The number of carbonyl (C=O) groups excluding carboxylic acids is 1. The van der Waals surface area contributed by atoms with Crippen LogP contribution in [0.1, 0.15) is 5.56 Å². The molecular formula is C19H19N3O3. The van der Waals surface area contributed by atoms with Crippen molar-refractivity contribution in [2.45, 2.75) is 6.54 Å². The number of anilines is 1. The Labute approximate surface area is 146 Å². The van der Waals surface area contributed by atoms with Crippen LogP contribution in [0.15, 0.2) is 66.4 Å². The number of phenolic OH excluding ortho intramolecular Hbond substituents is 1. The van der Waals surface area contributed by atoms with Crippen molar-refractivity contribution in [3.63, 3.8) is 0 Å². The topological polar surface area (TPSA) is 96.6 Å². The maximum atomic E-state index is 12.3. The van der Waals surface area contributed by atoms with Crippen molar-refractivity contribution in [3.8, 4) is 11.8 Å². The van der Waals surface area contributed by atoms with Crippen molar-refractivity contribution in [1.29, 1.82) is 5.26 Å². The molecule has 128 valence electrons. The van der Waals surface area contributed by atoms with Crippen LogP contribution in [0.25, 0.3) is 0 Å². The number of carbonyl (C=O) groups is 1. The molecule has 0 saturated heterocycles. The first-order valence-electron chi connectivity index (χ1n) is 7.73. The minimum atomic E-state index is -0.552. The number of hydrogen-bond donors (Lipinski definition) is 3. The van der Waals surface area contributed by atoms with Gasteiger partial charge in [0, 0.05) is 25.0 Å². The van der Waals surface area contributed by atoms with Crippen molar-refractivity contribution < 1.29 is 15.0 Å². The zero-order chi connectivity index (χ0) is 18.1. The van der Waals surface area contributed by atoms with Crippen molar-refractivity contribution in [2.24, 2.45) is 0 Å². The molecule has 0 atom stereocenters. The lowest BCUT2D eigenvalue weighted by Crippen LogP contribution is -2.23. The van der Waals surface area contributed by atoms with E-state index < -0.39 is 5.91 Å². The second-order valence-electron chi connectivity index (χ2n) is 5.34. The second kappa shape index (κ2) is 9.11. The van der Waals surface area contributed by atoms with Crippen LogP contribution in [0.2, 0.25) is 0 Å². The van der Waals surface area contributed by atoms with E-state index in [1.54, 1.807) is 4.90 Å². The van der Waals surface area contributed by atoms with Gasteiger partial charge in [-0.25, -0.2) is 0 Å². The van der Waals surface area contributed by atoms with Gasteiger partial charge in [-0.1, -0.05) is 30.3 Å². The quantitative estimate of drug-likeness (QED) is 0.409. The van der Waals surface area contributed by atoms with Gasteiger partial charge in [0.05, 0.1) is 6.61 Å². The van der Waals surface area contributed by atoms with E-state index in [0.29, 0.717) is 18.8 Å². The number of nitrogens with zero attached hydrogens (tertiary/aromatic N) is 2. The largest absolute Gasteiger partial charge is 0.508 e. The summed E-state index contributed by atoms with van der Waals surface area (Å²) >= 11 is 0. The molecular weight excluding hydrogens is 318 g/mol. The lowest BCUT2D eigenvalue weighted by molar-refractivity contribution is -0.112. The summed E-state index contributed by atoms with van der Waals surface area (Å²) in [7, 11) is 0. The van der Waals surface area contributed by atoms with Crippen molar-refractivity contribution in [1.82, 2.24) is 4.90 Å². The molecule has 0 fully saturated rings. The van der Waals surface area contributed by atoms with Crippen LogP contribution in [-0.2, 0) is 11.3 Å². The fraction of sp³-hybridized carbons (Fsp3) is 0.158. The normalized spacial score (nSPS) is 10.8. The highest BCUT2D eigenvalue weighted by Crippen LogP contribution is 2.15. The molecule has 0 bridgehead atoms. The van der Waals surface area contributed by atoms with Crippen LogP contribution >= 0.6 is 0 Å². The zero-order valence-electron chi connectivity index (χ0n) is 13.6. The molecule has 0 aliphatic rings. The molecule has 2 aromatic rings. The predicted molar refractivity (Wildman–Crippen MR) is 94.4 cm³/mol. The van der Waals surface area contributed by atoms with Gasteiger partial charge < -0.3 is 20.4 Å². The van der Waals surface area contributed by atoms with Gasteiger partial charge in [0.25, 0.3) is 5.91 Å². The van der Waals surface area contributed by atoms with Crippen LogP contribution in [0.3, 0.4) is 0 Å². The Kier molecular flexibility index (Phi) is 6.57. The molecule has 0 aliphatic carbocycles. The van der Waals surface area contributed by atoms with Crippen molar-refractivity contribution in [2.75, 3.05) is 18.5 Å². The summed E-state index contributed by atoms with van der Waals surface area (Å²) in [6.45, 7) is 0.674. The molecule has 1 amide bonds. The fourth-order valence-corrected chi connectivity index (χ4v) is 2.20. The molecule has 0 saturated carbocycles. The second-order valence-corrected chi connectivity index (χ2v) is 5.34. The third-order valence-electron chi connectivity index (χ3n) is 3.42. The summed E-state index contributed by atoms with van der Waals surface area (Å²) in [5, 5.41) is 30.4. The Bertz CT molecular complexity index is 765. The van der Waals surface area contributed by atoms with Gasteiger partial charge in [0.15, 0.2) is 0 Å². The standard InChI is InChI=1S/C19H19N3O3/c20-12-16(19(25)21-17-6-8-18(24)9-7-17)14-22(10-11-23)13-15-4-2-1-3-5-15/h1-9,14,23-24H,10-11,13H2,(H,21,25)/b16-14-. The van der Waals surface area contributed by atoms with Gasteiger partial charge in [-0.3, -0.25) is 4.79 Å². The Hall–Kier alpha value is -3.30. The molecule has 0 aromatic heterocycles. The summed E-state index contributed by atoms with van der Waals surface area (Å²) in [6.07, 6.45) is 1.44. The molecule has 6 heteroatoms. The Morgan fingerprint density at radius 3 is 2.44 bits per heavy atom. The van der Waals surface area contributed by atoms with Crippen LogP contribution < -0.4 is 5.32 Å². The Balaban J connectivity index is 2.12.